The summed E-state index contributed by atoms with van der Waals surface area (Å²) in [5.74, 6) is -0.0871. The largest absolute Gasteiger partial charge is 0.461 e. The molecule has 4 aromatic rings. The van der Waals surface area contributed by atoms with Crippen LogP contribution in [0.3, 0.4) is 0 Å². The van der Waals surface area contributed by atoms with Crippen LogP contribution in [0.4, 0.5) is 11.5 Å². The Balaban J connectivity index is 1.60. The number of hydrogen-bond donors (Lipinski definition) is 2. The summed E-state index contributed by atoms with van der Waals surface area (Å²) >= 11 is 0. The average molecular weight is 517 g/mol. The number of hydrogen-bond acceptors (Lipinski definition) is 9. The minimum absolute atomic E-state index is 0.00968. The molecule has 6 rings (SSSR count). The summed E-state index contributed by atoms with van der Waals surface area (Å²) < 4.78 is 37.9. The van der Waals surface area contributed by atoms with Crippen LogP contribution in [0, 0.1) is 6.85 Å². The highest BCUT2D eigenvalue weighted by atomic mass is 16.5. The van der Waals surface area contributed by atoms with Gasteiger partial charge in [-0.05, 0) is 69.6 Å². The van der Waals surface area contributed by atoms with Crippen LogP contribution in [0.5, 0.6) is 0 Å². The summed E-state index contributed by atoms with van der Waals surface area (Å²) in [6.45, 7) is -0.144. The first-order valence-corrected chi connectivity index (χ1v) is 12.9. The molecule has 4 N–H and O–H groups in total. The van der Waals surface area contributed by atoms with E-state index >= 15 is 0 Å². The fourth-order valence-corrected chi connectivity index (χ4v) is 4.94. The first-order valence-electron chi connectivity index (χ1n) is 14.4. The fourth-order valence-electron chi connectivity index (χ4n) is 4.94. The first kappa shape index (κ1) is 20.9. The standard InChI is InChI=1S/C28H31N7O3/c1-3-37-28(36)25-23(29)24(33-27(34-25)17-10-11-19(16-8-9-16)32-26(17)30)22-15(2)7-12-20-18(22)14-31-35(20)21-6-4-5-13-38-21/h7,10-12,14,16,21H,3-6,8-9,13,29H2,1-2H3,(H2,30,32)/i2D3. The van der Waals surface area contributed by atoms with E-state index in [1.807, 2.05) is 6.07 Å². The zero-order valence-corrected chi connectivity index (χ0v) is 21.1. The van der Waals surface area contributed by atoms with Gasteiger partial charge in [0.2, 0.25) is 0 Å². The lowest BCUT2D eigenvalue weighted by Gasteiger charge is -2.23. The normalized spacial score (nSPS) is 19.1. The van der Waals surface area contributed by atoms with Crippen LogP contribution in [0.25, 0.3) is 33.5 Å². The van der Waals surface area contributed by atoms with Crippen molar-refractivity contribution in [2.75, 3.05) is 24.7 Å². The smallest absolute Gasteiger partial charge is 0.359 e. The lowest BCUT2D eigenvalue weighted by Crippen LogP contribution is -2.19. The lowest BCUT2D eigenvalue weighted by atomic mass is 9.99. The predicted molar refractivity (Wildman–Crippen MR) is 144 cm³/mol. The summed E-state index contributed by atoms with van der Waals surface area (Å²) in [7, 11) is 0. The molecule has 38 heavy (non-hydrogen) atoms. The molecule has 10 nitrogen and oxygen atoms in total. The molecule has 0 radical (unpaired) electrons. The number of anilines is 2. The lowest BCUT2D eigenvalue weighted by molar-refractivity contribution is -0.0366. The number of esters is 1. The van der Waals surface area contributed by atoms with Crippen molar-refractivity contribution in [3.63, 3.8) is 0 Å². The Kier molecular flexibility index (Phi) is 5.33. The molecule has 1 unspecified atom stereocenters. The van der Waals surface area contributed by atoms with E-state index < -0.39 is 12.8 Å². The maximum Gasteiger partial charge on any atom is 0.359 e. The Labute approximate surface area is 224 Å². The summed E-state index contributed by atoms with van der Waals surface area (Å²) in [5.41, 5.74) is 14.9. The van der Waals surface area contributed by atoms with E-state index in [-0.39, 0.29) is 52.7 Å². The van der Waals surface area contributed by atoms with Crippen molar-refractivity contribution in [1.82, 2.24) is 24.7 Å². The number of fused-ring (bicyclic) bond motifs is 1. The van der Waals surface area contributed by atoms with Crippen molar-refractivity contribution in [3.05, 3.63) is 47.4 Å². The number of pyridine rings is 1. The van der Waals surface area contributed by atoms with Gasteiger partial charge >= 0.3 is 5.97 Å². The van der Waals surface area contributed by atoms with E-state index in [2.05, 4.69) is 15.1 Å². The molecule has 1 saturated heterocycles. The number of benzene rings is 1. The highest BCUT2D eigenvalue weighted by molar-refractivity contribution is 6.03. The molecule has 1 aromatic carbocycles. The Morgan fingerprint density at radius 3 is 2.74 bits per heavy atom. The maximum absolute atomic E-state index is 13.0. The summed E-state index contributed by atoms with van der Waals surface area (Å²) in [6, 6.07) is 6.88. The number of aryl methyl sites for hydroxylation is 1. The molecule has 2 fully saturated rings. The molecular weight excluding hydrogens is 482 g/mol. The quantitative estimate of drug-likeness (QED) is 0.346. The van der Waals surface area contributed by atoms with Crippen LogP contribution in [0.2, 0.25) is 0 Å². The van der Waals surface area contributed by atoms with Gasteiger partial charge in [0.1, 0.15) is 5.82 Å². The molecule has 0 amide bonds. The number of ether oxygens (including phenoxy) is 2. The minimum Gasteiger partial charge on any atom is -0.461 e. The Bertz CT molecular complexity index is 1640. The number of nitrogens with zero attached hydrogens (tertiary/aromatic N) is 5. The second-order valence-corrected chi connectivity index (χ2v) is 9.65. The van der Waals surface area contributed by atoms with Gasteiger partial charge in [-0.2, -0.15) is 5.10 Å². The van der Waals surface area contributed by atoms with Crippen LogP contribution in [-0.4, -0.2) is 43.9 Å². The zero-order valence-electron chi connectivity index (χ0n) is 24.1. The van der Waals surface area contributed by atoms with Crippen molar-refractivity contribution in [2.45, 2.75) is 58.0 Å². The van der Waals surface area contributed by atoms with Crippen LogP contribution < -0.4 is 11.5 Å². The Hall–Kier alpha value is -4.05. The number of aromatic nitrogens is 5. The molecule has 10 heteroatoms. The second-order valence-electron chi connectivity index (χ2n) is 9.65. The van der Waals surface area contributed by atoms with E-state index in [4.69, 9.17) is 30.0 Å². The Morgan fingerprint density at radius 1 is 1.16 bits per heavy atom. The number of nitrogens with two attached hydrogens (primary N) is 2. The van der Waals surface area contributed by atoms with Crippen molar-refractivity contribution in [1.29, 1.82) is 0 Å². The highest BCUT2D eigenvalue weighted by Gasteiger charge is 2.28. The van der Waals surface area contributed by atoms with Crippen molar-refractivity contribution in [2.24, 2.45) is 0 Å². The number of carbonyl (C=O) groups is 1. The average Bonchev–Trinajstić information content (AvgIpc) is 3.71. The van der Waals surface area contributed by atoms with E-state index in [0.29, 0.717) is 29.0 Å². The molecular formula is C28H31N7O3. The van der Waals surface area contributed by atoms with Gasteiger partial charge in [0.15, 0.2) is 17.7 Å². The number of carbonyl (C=O) groups excluding carboxylic acids is 1. The molecule has 1 aliphatic carbocycles. The zero-order chi connectivity index (χ0) is 28.9. The maximum atomic E-state index is 13.0. The first-order chi connectivity index (χ1) is 19.7. The highest BCUT2D eigenvalue weighted by Crippen LogP contribution is 2.41. The summed E-state index contributed by atoms with van der Waals surface area (Å²) in [6.07, 6.45) is 6.17. The molecule has 1 atom stereocenters. The minimum atomic E-state index is -2.53. The van der Waals surface area contributed by atoms with Gasteiger partial charge in [0.05, 0.1) is 35.3 Å². The molecule has 3 aromatic heterocycles. The monoisotopic (exact) mass is 516 g/mol. The fraction of sp³-hybridized carbons (Fsp3) is 0.393. The SMILES string of the molecule is [2H]C([2H])([2H])c1ccc2c(cnn2C2CCCCO2)c1-c1nc(-c2ccc(C3CC3)nc2N)nc(C(=O)OCC)c1N. The molecule has 1 aliphatic heterocycles. The summed E-state index contributed by atoms with van der Waals surface area (Å²) in [4.78, 5) is 26.8. The van der Waals surface area contributed by atoms with Gasteiger partial charge in [-0.1, -0.05) is 6.07 Å². The number of rotatable bonds is 6. The van der Waals surface area contributed by atoms with Gasteiger partial charge in [0.25, 0.3) is 0 Å². The van der Waals surface area contributed by atoms with E-state index in [0.717, 1.165) is 37.8 Å². The van der Waals surface area contributed by atoms with Gasteiger partial charge in [-0.25, -0.2) is 24.4 Å². The van der Waals surface area contributed by atoms with Gasteiger partial charge < -0.3 is 20.9 Å². The second kappa shape index (κ2) is 9.68. The van der Waals surface area contributed by atoms with Crippen LogP contribution in [-0.2, 0) is 9.47 Å². The molecule has 196 valence electrons. The molecule has 2 aliphatic rings. The molecule has 0 spiro atoms. The van der Waals surface area contributed by atoms with Gasteiger partial charge in [-0.3, -0.25) is 0 Å². The van der Waals surface area contributed by atoms with E-state index in [1.54, 1.807) is 29.9 Å². The molecule has 1 saturated carbocycles. The molecule has 0 bridgehead atoms. The van der Waals surface area contributed by atoms with Crippen LogP contribution in [0.1, 0.15) is 77.0 Å². The third-order valence-electron chi connectivity index (χ3n) is 7.04. The Morgan fingerprint density at radius 2 is 2.03 bits per heavy atom. The van der Waals surface area contributed by atoms with Crippen molar-refractivity contribution < 1.29 is 18.4 Å². The van der Waals surface area contributed by atoms with Gasteiger partial charge in [-0.15, -0.1) is 0 Å². The van der Waals surface area contributed by atoms with Crippen LogP contribution in [0.15, 0.2) is 30.5 Å². The topological polar surface area (TPSA) is 144 Å². The molecule has 4 heterocycles. The third-order valence-corrected chi connectivity index (χ3v) is 7.04. The van der Waals surface area contributed by atoms with E-state index in [9.17, 15) is 4.79 Å². The number of nitrogen functional groups attached to an aromatic ring is 2. The van der Waals surface area contributed by atoms with Gasteiger partial charge in [0, 0.05) is 33.3 Å². The summed E-state index contributed by atoms with van der Waals surface area (Å²) in [5, 5.41) is 5.08. The van der Waals surface area contributed by atoms with Crippen molar-refractivity contribution >= 4 is 28.4 Å². The predicted octanol–water partition coefficient (Wildman–Crippen LogP) is 4.78. The van der Waals surface area contributed by atoms with Crippen molar-refractivity contribution in [3.8, 4) is 22.6 Å². The van der Waals surface area contributed by atoms with E-state index in [1.165, 1.54) is 6.07 Å². The van der Waals surface area contributed by atoms with Crippen LogP contribution >= 0.6 is 0 Å². The third kappa shape index (κ3) is 4.24.